The van der Waals surface area contributed by atoms with Crippen molar-refractivity contribution >= 4 is 23.5 Å². The van der Waals surface area contributed by atoms with Gasteiger partial charge in [-0.1, -0.05) is 34.1 Å². The van der Waals surface area contributed by atoms with Crippen LogP contribution in [-0.2, 0) is 14.4 Å². The van der Waals surface area contributed by atoms with E-state index in [1.54, 1.807) is 27.7 Å². The Bertz CT molecular complexity index is 524. The molecule has 1 rings (SSSR count). The average molecular weight is 354 g/mol. The first-order valence-corrected chi connectivity index (χ1v) is 9.10. The Kier molecular flexibility index (Phi) is 7.73. The lowest BCUT2D eigenvalue weighted by atomic mass is 9.63. The van der Waals surface area contributed by atoms with E-state index < -0.39 is 11.5 Å². The molecule has 1 fully saturated rings. The zero-order valence-electron chi connectivity index (χ0n) is 15.8. The van der Waals surface area contributed by atoms with E-state index in [-0.39, 0.29) is 35.3 Å². The molecule has 142 valence electrons. The molecule has 7 nitrogen and oxygen atoms in total. The molecule has 0 aliphatic heterocycles. The van der Waals surface area contributed by atoms with Crippen molar-refractivity contribution < 1.29 is 24.9 Å². The van der Waals surface area contributed by atoms with Gasteiger partial charge in [0, 0.05) is 18.4 Å². The fraction of sp³-hybridized carbons (Fsp3) is 0.778. The third-order valence-electron chi connectivity index (χ3n) is 4.85. The molecular formula is C18H32N3O4+. The lowest BCUT2D eigenvalue weighted by molar-refractivity contribution is -0.250. The molecule has 0 heterocycles. The summed E-state index contributed by atoms with van der Waals surface area (Å²) in [4.78, 5) is 48.6. The number of urea groups is 1. The van der Waals surface area contributed by atoms with Gasteiger partial charge in [0.15, 0.2) is 11.6 Å². The highest BCUT2D eigenvalue weighted by Crippen LogP contribution is 2.44. The molecule has 0 aromatic rings. The molecule has 0 radical (unpaired) electrons. The van der Waals surface area contributed by atoms with Crippen LogP contribution in [0.5, 0.6) is 0 Å². The number of hydrogen-bond acceptors (Lipinski definition) is 4. The predicted octanol–water partition coefficient (Wildman–Crippen LogP) is 0.823. The number of carbonyl (C=O) groups excluding carboxylic acids is 4. The Hall–Kier alpha value is -1.76. The molecule has 0 bridgehead atoms. The summed E-state index contributed by atoms with van der Waals surface area (Å²) in [5.74, 6) is -0.849. The van der Waals surface area contributed by atoms with Crippen LogP contribution in [0.3, 0.4) is 0 Å². The summed E-state index contributed by atoms with van der Waals surface area (Å²) in [6, 6.07) is -1.00. The predicted molar refractivity (Wildman–Crippen MR) is 93.4 cm³/mol. The van der Waals surface area contributed by atoms with E-state index in [2.05, 4.69) is 16.4 Å². The highest BCUT2D eigenvalue weighted by molar-refractivity contribution is 6.08. The van der Waals surface area contributed by atoms with Crippen LogP contribution in [0.4, 0.5) is 4.79 Å². The van der Waals surface area contributed by atoms with Crippen LogP contribution < -0.4 is 16.4 Å². The van der Waals surface area contributed by atoms with Gasteiger partial charge >= 0.3 is 6.03 Å². The van der Waals surface area contributed by atoms with Gasteiger partial charge in [0.2, 0.25) is 5.91 Å². The summed E-state index contributed by atoms with van der Waals surface area (Å²) in [6.07, 6.45) is 2.93. The Balaban J connectivity index is 2.78. The van der Waals surface area contributed by atoms with Crippen LogP contribution in [-0.4, -0.2) is 36.1 Å². The number of carbonyl (C=O) groups is 4. The third kappa shape index (κ3) is 5.36. The SMILES string of the molecule is CC(C)C(=O)C(CCCNC([NH3+])=O)NC(=O)C1(C(=O)C(C)C)CCC1. The van der Waals surface area contributed by atoms with Gasteiger partial charge in [0.1, 0.15) is 5.41 Å². The first-order chi connectivity index (χ1) is 11.6. The van der Waals surface area contributed by atoms with Crippen molar-refractivity contribution in [2.24, 2.45) is 17.3 Å². The van der Waals surface area contributed by atoms with E-state index in [9.17, 15) is 19.2 Å². The molecule has 1 atom stereocenters. The topological polar surface area (TPSA) is 120 Å². The normalized spacial score (nSPS) is 16.9. The molecule has 3 amide bonds. The van der Waals surface area contributed by atoms with Crippen molar-refractivity contribution in [2.75, 3.05) is 6.54 Å². The molecule has 7 heteroatoms. The zero-order chi connectivity index (χ0) is 19.2. The van der Waals surface area contributed by atoms with Gasteiger partial charge in [-0.15, -0.1) is 0 Å². The maximum absolute atomic E-state index is 12.8. The molecule has 0 saturated heterocycles. The van der Waals surface area contributed by atoms with E-state index >= 15 is 0 Å². The minimum Gasteiger partial charge on any atom is -0.345 e. The van der Waals surface area contributed by atoms with Gasteiger partial charge in [-0.2, -0.15) is 0 Å². The molecule has 0 spiro atoms. The van der Waals surface area contributed by atoms with Crippen LogP contribution in [0.1, 0.15) is 59.8 Å². The number of Topliss-reactive ketones (excluding diaryl/α,β-unsaturated/α-hetero) is 2. The Morgan fingerprint density at radius 1 is 1.04 bits per heavy atom. The second-order valence-corrected chi connectivity index (χ2v) is 7.53. The second-order valence-electron chi connectivity index (χ2n) is 7.53. The van der Waals surface area contributed by atoms with Gasteiger partial charge in [0.25, 0.3) is 0 Å². The number of hydrogen-bond donors (Lipinski definition) is 3. The van der Waals surface area contributed by atoms with Gasteiger partial charge < -0.3 is 10.6 Å². The minimum absolute atomic E-state index is 0.0451. The summed E-state index contributed by atoms with van der Waals surface area (Å²) >= 11 is 0. The number of rotatable bonds is 10. The van der Waals surface area contributed by atoms with E-state index in [0.29, 0.717) is 32.2 Å². The number of ketones is 2. The van der Waals surface area contributed by atoms with Crippen molar-refractivity contribution in [2.45, 2.75) is 65.8 Å². The Morgan fingerprint density at radius 3 is 2.04 bits per heavy atom. The molecule has 5 N–H and O–H groups in total. The first kappa shape index (κ1) is 21.3. The van der Waals surface area contributed by atoms with Crippen molar-refractivity contribution in [3.05, 3.63) is 0 Å². The summed E-state index contributed by atoms with van der Waals surface area (Å²) in [6.45, 7) is 7.58. The fourth-order valence-electron chi connectivity index (χ4n) is 3.19. The summed E-state index contributed by atoms with van der Waals surface area (Å²) in [7, 11) is 0. The molecule has 1 unspecified atom stereocenters. The monoisotopic (exact) mass is 354 g/mol. The number of amides is 3. The van der Waals surface area contributed by atoms with Crippen LogP contribution >= 0.6 is 0 Å². The van der Waals surface area contributed by atoms with E-state index in [1.807, 2.05) is 0 Å². The highest BCUT2D eigenvalue weighted by Gasteiger charge is 2.51. The van der Waals surface area contributed by atoms with E-state index in [4.69, 9.17) is 0 Å². The van der Waals surface area contributed by atoms with Gasteiger partial charge in [0.05, 0.1) is 6.04 Å². The average Bonchev–Trinajstić information content (AvgIpc) is 2.47. The van der Waals surface area contributed by atoms with E-state index in [1.165, 1.54) is 0 Å². The van der Waals surface area contributed by atoms with E-state index in [0.717, 1.165) is 6.42 Å². The standard InChI is InChI=1S/C18H31N3O4/c1-11(2)14(22)13(7-5-10-20-17(19)25)21-16(24)18(8-6-9-18)15(23)12(3)4/h11-13H,5-10H2,1-4H3,(H,21,24)(H3,19,20,25)/p+1. The Morgan fingerprint density at radius 2 is 1.64 bits per heavy atom. The smallest absolute Gasteiger partial charge is 0.345 e. The summed E-state index contributed by atoms with van der Waals surface area (Å²) in [5, 5.41) is 5.41. The molecule has 25 heavy (non-hydrogen) atoms. The van der Waals surface area contributed by atoms with Crippen LogP contribution in [0.25, 0.3) is 0 Å². The quantitative estimate of drug-likeness (QED) is 0.397. The van der Waals surface area contributed by atoms with Gasteiger partial charge in [-0.3, -0.25) is 20.1 Å². The van der Waals surface area contributed by atoms with Crippen LogP contribution in [0.2, 0.25) is 0 Å². The van der Waals surface area contributed by atoms with Crippen LogP contribution in [0, 0.1) is 17.3 Å². The van der Waals surface area contributed by atoms with Crippen molar-refractivity contribution in [3.63, 3.8) is 0 Å². The summed E-state index contributed by atoms with van der Waals surface area (Å²) in [5.41, 5.74) is 2.26. The molecule has 0 aromatic carbocycles. The zero-order valence-corrected chi connectivity index (χ0v) is 15.8. The minimum atomic E-state index is -0.967. The highest BCUT2D eigenvalue weighted by atomic mass is 16.2. The number of quaternary nitrogens is 1. The van der Waals surface area contributed by atoms with Crippen molar-refractivity contribution in [1.29, 1.82) is 0 Å². The molecular weight excluding hydrogens is 322 g/mol. The number of nitrogens with one attached hydrogen (secondary N) is 2. The third-order valence-corrected chi connectivity index (χ3v) is 4.85. The second kappa shape index (κ2) is 9.08. The van der Waals surface area contributed by atoms with Crippen molar-refractivity contribution in [1.82, 2.24) is 10.6 Å². The molecule has 1 aliphatic rings. The maximum atomic E-state index is 12.8. The molecule has 1 aliphatic carbocycles. The first-order valence-electron chi connectivity index (χ1n) is 9.10. The summed E-state index contributed by atoms with van der Waals surface area (Å²) < 4.78 is 0. The lowest BCUT2D eigenvalue weighted by Crippen LogP contribution is -2.63. The molecule has 0 aromatic heterocycles. The Labute approximate surface area is 149 Å². The largest absolute Gasteiger partial charge is 0.411 e. The van der Waals surface area contributed by atoms with Crippen molar-refractivity contribution in [3.8, 4) is 0 Å². The maximum Gasteiger partial charge on any atom is 0.411 e. The molecule has 1 saturated carbocycles. The van der Waals surface area contributed by atoms with Gasteiger partial charge in [-0.25, -0.2) is 4.79 Å². The fourth-order valence-corrected chi connectivity index (χ4v) is 3.19. The van der Waals surface area contributed by atoms with Crippen LogP contribution in [0.15, 0.2) is 0 Å². The lowest BCUT2D eigenvalue weighted by Gasteiger charge is -2.40. The van der Waals surface area contributed by atoms with Gasteiger partial charge in [-0.05, 0) is 25.7 Å².